The van der Waals surface area contributed by atoms with Crippen LogP contribution in [-0.4, -0.2) is 67.2 Å². The van der Waals surface area contributed by atoms with E-state index in [0.29, 0.717) is 11.4 Å². The van der Waals surface area contributed by atoms with Gasteiger partial charge in [0.05, 0.1) is 46.2 Å². The first kappa shape index (κ1) is 32.0. The van der Waals surface area contributed by atoms with E-state index in [1.165, 1.54) is 18.5 Å². The van der Waals surface area contributed by atoms with Crippen LogP contribution in [0.2, 0.25) is 0 Å². The number of rotatable bonds is 5. The highest BCUT2D eigenvalue weighted by molar-refractivity contribution is 6.01. The summed E-state index contributed by atoms with van der Waals surface area (Å²) in [4.78, 5) is 43.8. The number of halogens is 3. The Morgan fingerprint density at radius 1 is 1.06 bits per heavy atom. The Balaban J connectivity index is 1.80. The number of aromatic hydroxyl groups is 1. The molecule has 2 aliphatic rings. The summed E-state index contributed by atoms with van der Waals surface area (Å²) in [7, 11) is 0. The second-order valence-electron chi connectivity index (χ2n) is 12.5. The highest BCUT2D eigenvalue weighted by Crippen LogP contribution is 2.47. The molecule has 0 saturated carbocycles. The maximum absolute atomic E-state index is 17.4. The van der Waals surface area contributed by atoms with Crippen LogP contribution < -0.4 is 15.3 Å². The van der Waals surface area contributed by atoms with Crippen molar-refractivity contribution in [2.45, 2.75) is 65.0 Å². The van der Waals surface area contributed by atoms with Gasteiger partial charge in [0, 0.05) is 25.6 Å². The lowest BCUT2D eigenvalue weighted by atomic mass is 9.96. The molecule has 0 aliphatic carbocycles. The van der Waals surface area contributed by atoms with Crippen molar-refractivity contribution in [1.29, 1.82) is 0 Å². The van der Waals surface area contributed by atoms with Crippen LogP contribution >= 0.6 is 0 Å². The number of carbonyl (C=O) groups is 1. The molecule has 0 bridgehead atoms. The number of anilines is 1. The lowest BCUT2D eigenvalue weighted by Crippen LogP contribution is -2.60. The summed E-state index contributed by atoms with van der Waals surface area (Å²) >= 11 is 0. The Kier molecular flexibility index (Phi) is 8.18. The summed E-state index contributed by atoms with van der Waals surface area (Å²) in [6.45, 7) is 13.2. The normalized spacial score (nSPS) is 17.8. The van der Waals surface area contributed by atoms with Gasteiger partial charge >= 0.3 is 5.69 Å². The van der Waals surface area contributed by atoms with Gasteiger partial charge in [0.15, 0.2) is 17.4 Å². The first-order valence-electron chi connectivity index (χ1n) is 15.5. The van der Waals surface area contributed by atoms with Gasteiger partial charge in [-0.1, -0.05) is 40.3 Å². The third kappa shape index (κ3) is 5.08. The zero-order valence-electron chi connectivity index (χ0n) is 26.7. The van der Waals surface area contributed by atoms with Crippen molar-refractivity contribution >= 4 is 22.6 Å². The van der Waals surface area contributed by atoms with E-state index in [1.807, 2.05) is 34.6 Å². The van der Waals surface area contributed by atoms with Gasteiger partial charge in [0.1, 0.15) is 29.2 Å². The van der Waals surface area contributed by atoms with Crippen LogP contribution in [0.3, 0.4) is 0 Å². The minimum Gasteiger partial charge on any atom is -0.507 e. The number of aromatic nitrogens is 4. The molecule has 0 spiro atoms. The average Bonchev–Trinajstić information content (AvgIpc) is 3.02. The molecular formula is C34H35F3N6O4. The molecule has 1 fully saturated rings. The molecular weight excluding hydrogens is 613 g/mol. The maximum Gasteiger partial charge on any atom is 0.354 e. The summed E-state index contributed by atoms with van der Waals surface area (Å²) in [5, 5.41) is 10.5. The first-order valence-corrected chi connectivity index (χ1v) is 15.5. The van der Waals surface area contributed by atoms with Gasteiger partial charge in [-0.2, -0.15) is 4.98 Å². The second kappa shape index (κ2) is 12.0. The minimum absolute atomic E-state index is 0.0327. The number of carbonyl (C=O) groups excluding carboxylic acids is 1. The highest BCUT2D eigenvalue weighted by atomic mass is 19.1. The van der Waals surface area contributed by atoms with Gasteiger partial charge in [-0.25, -0.2) is 27.9 Å². The van der Waals surface area contributed by atoms with Crippen molar-refractivity contribution in [2.75, 3.05) is 24.6 Å². The van der Waals surface area contributed by atoms with E-state index in [2.05, 4.69) is 21.5 Å². The van der Waals surface area contributed by atoms with E-state index in [-0.39, 0.29) is 66.8 Å². The quantitative estimate of drug-likeness (QED) is 0.279. The van der Waals surface area contributed by atoms with Crippen molar-refractivity contribution < 1.29 is 27.8 Å². The predicted octanol–water partition coefficient (Wildman–Crippen LogP) is 5.59. The van der Waals surface area contributed by atoms with Crippen LogP contribution in [0.5, 0.6) is 11.5 Å². The topological polar surface area (TPSA) is 114 Å². The van der Waals surface area contributed by atoms with Crippen LogP contribution in [0, 0.1) is 17.5 Å². The van der Waals surface area contributed by atoms with Gasteiger partial charge in [0.2, 0.25) is 5.91 Å². The van der Waals surface area contributed by atoms with E-state index >= 15 is 13.2 Å². The number of phenols is 1. The fourth-order valence-corrected chi connectivity index (χ4v) is 6.64. The molecule has 1 amide bonds. The molecule has 4 aromatic rings. The summed E-state index contributed by atoms with van der Waals surface area (Å²) in [6.07, 6.45) is 2.88. The molecule has 10 nitrogen and oxygen atoms in total. The number of benzene rings is 2. The number of phenolic OH excluding ortho intramolecular Hbond substituents is 1. The number of amides is 1. The number of fused-ring (bicyclic) bond motifs is 2. The molecule has 47 heavy (non-hydrogen) atoms. The van der Waals surface area contributed by atoms with E-state index < -0.39 is 57.3 Å². The first-order chi connectivity index (χ1) is 22.4. The SMILES string of the molecule is C=CC(=O)N1CC2CCOc3c(F)c(-c4c(O)cccc4F)c(F)c4c3c(nc(=O)n4-c3c(C(C)C)ncnc3C(C)C)N2CC1C. The third-order valence-corrected chi connectivity index (χ3v) is 8.86. The molecule has 0 radical (unpaired) electrons. The molecule has 4 heterocycles. The molecule has 2 aromatic carbocycles. The third-order valence-electron chi connectivity index (χ3n) is 8.86. The van der Waals surface area contributed by atoms with Crippen molar-refractivity contribution in [3.05, 3.63) is 76.5 Å². The Labute approximate surface area is 269 Å². The van der Waals surface area contributed by atoms with E-state index in [1.54, 1.807) is 9.80 Å². The Morgan fingerprint density at radius 3 is 2.36 bits per heavy atom. The maximum atomic E-state index is 17.4. The second-order valence-corrected chi connectivity index (χ2v) is 12.5. The van der Waals surface area contributed by atoms with Crippen LogP contribution in [0.15, 0.2) is 42.0 Å². The Bertz CT molecular complexity index is 1950. The molecule has 13 heteroatoms. The lowest BCUT2D eigenvalue weighted by Gasteiger charge is -2.46. The predicted molar refractivity (Wildman–Crippen MR) is 171 cm³/mol. The van der Waals surface area contributed by atoms with Crippen LogP contribution in [0.4, 0.5) is 19.0 Å². The molecule has 6 rings (SSSR count). The van der Waals surface area contributed by atoms with Crippen LogP contribution in [0.1, 0.15) is 64.3 Å². The Morgan fingerprint density at radius 2 is 1.74 bits per heavy atom. The number of ether oxygens (including phenoxy) is 1. The number of hydrogen-bond acceptors (Lipinski definition) is 8. The molecule has 2 unspecified atom stereocenters. The molecule has 246 valence electrons. The van der Waals surface area contributed by atoms with Crippen molar-refractivity contribution in [3.63, 3.8) is 0 Å². The van der Waals surface area contributed by atoms with E-state index in [0.717, 1.165) is 16.7 Å². The smallest absolute Gasteiger partial charge is 0.354 e. The fraction of sp³-hybridized carbons (Fsp3) is 0.382. The Hall–Kier alpha value is -4.94. The van der Waals surface area contributed by atoms with Crippen molar-refractivity contribution in [3.8, 4) is 28.3 Å². The summed E-state index contributed by atoms with van der Waals surface area (Å²) in [5.74, 6) is -5.61. The van der Waals surface area contributed by atoms with Crippen molar-refractivity contribution in [2.24, 2.45) is 0 Å². The van der Waals surface area contributed by atoms with Gasteiger partial charge in [-0.05, 0) is 37.0 Å². The summed E-state index contributed by atoms with van der Waals surface area (Å²) < 4.78 is 56.5. The van der Waals surface area contributed by atoms with Gasteiger partial charge in [-0.15, -0.1) is 0 Å². The van der Waals surface area contributed by atoms with E-state index in [9.17, 15) is 14.7 Å². The number of nitrogens with zero attached hydrogens (tertiary/aromatic N) is 6. The van der Waals surface area contributed by atoms with Gasteiger partial charge in [-0.3, -0.25) is 9.36 Å². The molecule has 2 aromatic heterocycles. The van der Waals surface area contributed by atoms with E-state index in [4.69, 9.17) is 4.74 Å². The average molecular weight is 649 g/mol. The zero-order valence-corrected chi connectivity index (χ0v) is 26.7. The van der Waals surface area contributed by atoms with Gasteiger partial charge < -0.3 is 19.6 Å². The van der Waals surface area contributed by atoms with Gasteiger partial charge in [0.25, 0.3) is 0 Å². The standard InChI is InChI=1S/C34H35F3N6O4/c1-7-22(45)41-14-19-11-12-47-32-25-30(26(36)24(27(32)37)23-20(35)9-8-10-21(23)44)43(34(46)40-33(25)42(19)13-18(41)6)31-28(16(2)3)38-15-39-29(31)17(4)5/h7-10,15-19,44H,1,11-14H2,2-6H3. The summed E-state index contributed by atoms with van der Waals surface area (Å²) in [5.41, 5.74) is -1.93. The number of piperazine rings is 1. The summed E-state index contributed by atoms with van der Waals surface area (Å²) in [6, 6.07) is 2.51. The molecule has 1 N–H and O–H groups in total. The molecule has 1 saturated heterocycles. The zero-order chi connectivity index (χ0) is 33.9. The molecule has 2 atom stereocenters. The largest absolute Gasteiger partial charge is 0.507 e. The van der Waals surface area contributed by atoms with Crippen LogP contribution in [-0.2, 0) is 4.79 Å². The van der Waals surface area contributed by atoms with Crippen molar-refractivity contribution in [1.82, 2.24) is 24.4 Å². The lowest BCUT2D eigenvalue weighted by molar-refractivity contribution is -0.129. The minimum atomic E-state index is -1.30. The molecule has 2 aliphatic heterocycles. The van der Waals surface area contributed by atoms with Crippen LogP contribution in [0.25, 0.3) is 27.7 Å². The fourth-order valence-electron chi connectivity index (χ4n) is 6.64. The monoisotopic (exact) mass is 648 g/mol. The number of hydrogen-bond donors (Lipinski definition) is 1. The highest BCUT2D eigenvalue weighted by Gasteiger charge is 2.40.